The summed E-state index contributed by atoms with van der Waals surface area (Å²) in [7, 11) is -4.39. The van der Waals surface area contributed by atoms with Crippen LogP contribution in [-0.2, 0) is 10.0 Å². The third-order valence-electron chi connectivity index (χ3n) is 3.34. The molecule has 7 nitrogen and oxygen atoms in total. The number of anilines is 1. The number of halogens is 2. The first-order valence-electron chi connectivity index (χ1n) is 6.93. The van der Waals surface area contributed by atoms with E-state index in [9.17, 15) is 22.7 Å². The third-order valence-corrected chi connectivity index (χ3v) is 4.97. The first-order chi connectivity index (χ1) is 11.8. The van der Waals surface area contributed by atoms with Crippen LogP contribution in [0.5, 0.6) is 11.5 Å². The molecule has 3 rings (SSSR count). The van der Waals surface area contributed by atoms with Crippen LogP contribution in [0.2, 0.25) is 5.02 Å². The van der Waals surface area contributed by atoms with Crippen molar-refractivity contribution in [3.05, 3.63) is 46.7 Å². The molecule has 0 saturated carbocycles. The van der Waals surface area contributed by atoms with Gasteiger partial charge in [-0.3, -0.25) is 4.72 Å². The van der Waals surface area contributed by atoms with Gasteiger partial charge in [-0.25, -0.2) is 17.6 Å². The largest absolute Gasteiger partial charge is 0.486 e. The maximum atomic E-state index is 13.9. The molecule has 0 radical (unpaired) electrons. The number of sulfonamides is 1. The van der Waals surface area contributed by atoms with Crippen molar-refractivity contribution in [3.8, 4) is 11.5 Å². The summed E-state index contributed by atoms with van der Waals surface area (Å²) >= 11 is 5.61. The van der Waals surface area contributed by atoms with Crippen molar-refractivity contribution in [2.75, 3.05) is 17.9 Å². The highest BCUT2D eigenvalue weighted by Crippen LogP contribution is 2.36. The van der Waals surface area contributed by atoms with E-state index in [1.807, 2.05) is 0 Å². The molecule has 0 bridgehead atoms. The van der Waals surface area contributed by atoms with Gasteiger partial charge in [0, 0.05) is 17.2 Å². The molecule has 1 aliphatic rings. The minimum Gasteiger partial charge on any atom is -0.486 e. The minimum absolute atomic E-state index is 0.0296. The molecule has 10 heteroatoms. The van der Waals surface area contributed by atoms with Crippen LogP contribution < -0.4 is 14.2 Å². The normalized spacial score (nSPS) is 13.4. The van der Waals surface area contributed by atoms with Crippen LogP contribution in [0.1, 0.15) is 10.4 Å². The van der Waals surface area contributed by atoms with E-state index in [1.54, 1.807) is 0 Å². The Morgan fingerprint density at radius 1 is 1.16 bits per heavy atom. The van der Waals surface area contributed by atoms with E-state index >= 15 is 0 Å². The van der Waals surface area contributed by atoms with Gasteiger partial charge in [0.15, 0.2) is 11.5 Å². The van der Waals surface area contributed by atoms with Crippen LogP contribution in [0.3, 0.4) is 0 Å². The minimum atomic E-state index is -4.39. The zero-order valence-corrected chi connectivity index (χ0v) is 14.0. The van der Waals surface area contributed by atoms with Crippen LogP contribution in [0.15, 0.2) is 35.2 Å². The van der Waals surface area contributed by atoms with Gasteiger partial charge in [0.05, 0.1) is 11.3 Å². The molecule has 2 N–H and O–H groups in total. The summed E-state index contributed by atoms with van der Waals surface area (Å²) in [5.74, 6) is -2.07. The van der Waals surface area contributed by atoms with Gasteiger partial charge in [-0.15, -0.1) is 0 Å². The highest BCUT2D eigenvalue weighted by atomic mass is 35.5. The molecular weight excluding hydrogens is 377 g/mol. The van der Waals surface area contributed by atoms with Gasteiger partial charge in [-0.1, -0.05) is 11.6 Å². The van der Waals surface area contributed by atoms with Crippen LogP contribution in [-0.4, -0.2) is 32.7 Å². The number of rotatable bonds is 4. The summed E-state index contributed by atoms with van der Waals surface area (Å²) in [4.78, 5) is 10.8. The molecule has 0 fully saturated rings. The first-order valence-corrected chi connectivity index (χ1v) is 8.79. The van der Waals surface area contributed by atoms with Gasteiger partial charge in [0.2, 0.25) is 0 Å². The van der Waals surface area contributed by atoms with Crippen molar-refractivity contribution in [2.45, 2.75) is 4.90 Å². The summed E-state index contributed by atoms with van der Waals surface area (Å²) in [6.07, 6.45) is 0. The van der Waals surface area contributed by atoms with Gasteiger partial charge >= 0.3 is 5.97 Å². The maximum Gasteiger partial charge on any atom is 0.337 e. The van der Waals surface area contributed by atoms with Gasteiger partial charge in [-0.05, 0) is 18.2 Å². The molecule has 0 unspecified atom stereocenters. The zero-order chi connectivity index (χ0) is 18.2. The Balaban J connectivity index is 2.05. The number of ether oxygens (including phenoxy) is 2. The standard InChI is InChI=1S/C15H11ClFNO6S/c16-8-1-2-14(10(17)5-8)25(21,22)18-11-7-13-12(23-3-4-24-13)6-9(11)15(19)20/h1-2,5-7,18H,3-4H2,(H,19,20). The number of nitrogens with one attached hydrogen (secondary N) is 1. The molecule has 0 aromatic heterocycles. The van der Waals surface area contributed by atoms with Crippen molar-refractivity contribution in [2.24, 2.45) is 0 Å². The Morgan fingerprint density at radius 3 is 2.40 bits per heavy atom. The summed E-state index contributed by atoms with van der Waals surface area (Å²) in [5, 5.41) is 9.33. The lowest BCUT2D eigenvalue weighted by atomic mass is 10.1. The van der Waals surface area contributed by atoms with Gasteiger partial charge in [-0.2, -0.15) is 0 Å². The van der Waals surface area contributed by atoms with E-state index in [0.29, 0.717) is 0 Å². The van der Waals surface area contributed by atoms with Crippen molar-refractivity contribution in [3.63, 3.8) is 0 Å². The van der Waals surface area contributed by atoms with Crippen LogP contribution in [0.4, 0.5) is 10.1 Å². The van der Waals surface area contributed by atoms with Crippen molar-refractivity contribution < 1.29 is 32.2 Å². The molecule has 0 aliphatic carbocycles. The number of aromatic carboxylic acids is 1. The number of carboxylic acids is 1. The molecule has 0 saturated heterocycles. The van der Waals surface area contributed by atoms with E-state index in [0.717, 1.165) is 18.2 Å². The third kappa shape index (κ3) is 3.47. The van der Waals surface area contributed by atoms with Crippen molar-refractivity contribution in [1.82, 2.24) is 0 Å². The average molecular weight is 388 g/mol. The second kappa shape index (κ2) is 6.41. The Hall–Kier alpha value is -2.52. The van der Waals surface area contributed by atoms with Gasteiger partial charge < -0.3 is 14.6 Å². The van der Waals surface area contributed by atoms with E-state index in [2.05, 4.69) is 4.72 Å². The predicted octanol–water partition coefficient (Wildman–Crippen LogP) is 2.75. The van der Waals surface area contributed by atoms with Crippen molar-refractivity contribution >= 4 is 33.3 Å². The molecular formula is C15H11ClFNO6S. The quantitative estimate of drug-likeness (QED) is 0.836. The Morgan fingerprint density at radius 2 is 1.80 bits per heavy atom. The fourth-order valence-corrected chi connectivity index (χ4v) is 3.53. The van der Waals surface area contributed by atoms with Gasteiger partial charge in [0.1, 0.15) is 23.9 Å². The van der Waals surface area contributed by atoms with Crippen LogP contribution >= 0.6 is 11.6 Å². The SMILES string of the molecule is O=C(O)c1cc2c(cc1NS(=O)(=O)c1ccc(Cl)cc1F)OCCO2. The molecule has 1 aliphatic heterocycles. The Labute approximate surface area is 147 Å². The lowest BCUT2D eigenvalue weighted by Crippen LogP contribution is -2.19. The maximum absolute atomic E-state index is 13.9. The highest BCUT2D eigenvalue weighted by Gasteiger charge is 2.25. The summed E-state index contributed by atoms with van der Waals surface area (Å²) in [6.45, 7) is 0.477. The number of carboxylic acid groups (broad SMARTS) is 1. The number of hydrogen-bond donors (Lipinski definition) is 2. The van der Waals surface area contributed by atoms with E-state index < -0.39 is 26.7 Å². The van der Waals surface area contributed by atoms with E-state index in [4.69, 9.17) is 21.1 Å². The zero-order valence-electron chi connectivity index (χ0n) is 12.5. The predicted molar refractivity (Wildman–Crippen MR) is 86.6 cm³/mol. The highest BCUT2D eigenvalue weighted by molar-refractivity contribution is 7.92. The smallest absolute Gasteiger partial charge is 0.337 e. The Kier molecular flexibility index (Phi) is 4.44. The summed E-state index contributed by atoms with van der Waals surface area (Å²) in [6, 6.07) is 5.37. The second-order valence-electron chi connectivity index (χ2n) is 5.03. The van der Waals surface area contributed by atoms with Gasteiger partial charge in [0.25, 0.3) is 10.0 Å². The van der Waals surface area contributed by atoms with E-state index in [1.165, 1.54) is 12.1 Å². The lowest BCUT2D eigenvalue weighted by molar-refractivity contribution is 0.0697. The first kappa shape index (κ1) is 17.3. The number of hydrogen-bond acceptors (Lipinski definition) is 5. The molecule has 1 heterocycles. The molecule has 0 amide bonds. The lowest BCUT2D eigenvalue weighted by Gasteiger charge is -2.20. The number of fused-ring (bicyclic) bond motifs is 1. The topological polar surface area (TPSA) is 102 Å². The molecule has 25 heavy (non-hydrogen) atoms. The second-order valence-corrected chi connectivity index (χ2v) is 7.11. The fraction of sp³-hybridized carbons (Fsp3) is 0.133. The Bertz CT molecular complexity index is 963. The number of carbonyl (C=O) groups is 1. The number of benzene rings is 2. The van der Waals surface area contributed by atoms with Crippen LogP contribution in [0.25, 0.3) is 0 Å². The summed E-state index contributed by atoms with van der Waals surface area (Å²) in [5.41, 5.74) is -0.631. The van der Waals surface area contributed by atoms with E-state index in [-0.39, 0.29) is 41.0 Å². The molecule has 2 aromatic carbocycles. The summed E-state index contributed by atoms with van der Waals surface area (Å²) < 4.78 is 51.4. The molecule has 0 atom stereocenters. The van der Waals surface area contributed by atoms with Crippen LogP contribution in [0, 0.1) is 5.82 Å². The average Bonchev–Trinajstić information content (AvgIpc) is 2.53. The molecule has 0 spiro atoms. The molecule has 132 valence electrons. The van der Waals surface area contributed by atoms with Crippen molar-refractivity contribution in [1.29, 1.82) is 0 Å². The monoisotopic (exact) mass is 387 g/mol. The fourth-order valence-electron chi connectivity index (χ4n) is 2.24. The molecule has 2 aromatic rings.